The van der Waals surface area contributed by atoms with E-state index in [0.717, 1.165) is 12.8 Å². The first kappa shape index (κ1) is 16.2. The van der Waals surface area contributed by atoms with Gasteiger partial charge < -0.3 is 10.0 Å². The number of carbonyl (C=O) groups excluding carboxylic acids is 1. The van der Waals surface area contributed by atoms with E-state index in [9.17, 15) is 9.90 Å². The number of phenols is 1. The highest BCUT2D eigenvalue weighted by atomic mass is 35.5. The van der Waals surface area contributed by atoms with Crippen molar-refractivity contribution in [1.82, 2.24) is 4.90 Å². The standard InChI is InChI=1S/C18H17Cl2NO2/c19-16-6-3-14(11-17(16)20)18(23)21-9-7-13(8-10-21)12-1-4-15(22)5-2-12/h1-6,11,13,22H,7-10H2. The van der Waals surface area contributed by atoms with Gasteiger partial charge in [-0.1, -0.05) is 35.3 Å². The van der Waals surface area contributed by atoms with Crippen LogP contribution in [0.5, 0.6) is 5.75 Å². The summed E-state index contributed by atoms with van der Waals surface area (Å²) in [6.07, 6.45) is 1.83. The van der Waals surface area contributed by atoms with Gasteiger partial charge in [-0.25, -0.2) is 0 Å². The Morgan fingerprint density at radius 3 is 2.26 bits per heavy atom. The van der Waals surface area contributed by atoms with Crippen LogP contribution in [0.3, 0.4) is 0 Å². The van der Waals surface area contributed by atoms with Crippen molar-refractivity contribution in [3.8, 4) is 5.75 Å². The molecule has 0 atom stereocenters. The van der Waals surface area contributed by atoms with Crippen LogP contribution in [0, 0.1) is 0 Å². The molecule has 2 aromatic carbocycles. The molecule has 0 spiro atoms. The number of carbonyl (C=O) groups is 1. The number of hydrogen-bond donors (Lipinski definition) is 1. The summed E-state index contributed by atoms with van der Waals surface area (Å²) in [6.45, 7) is 1.43. The normalized spacial score (nSPS) is 15.7. The third-order valence-corrected chi connectivity index (χ3v) is 5.05. The first-order chi connectivity index (χ1) is 11.0. The number of aromatic hydroxyl groups is 1. The van der Waals surface area contributed by atoms with Gasteiger partial charge >= 0.3 is 0 Å². The summed E-state index contributed by atoms with van der Waals surface area (Å²) in [7, 11) is 0. The molecule has 1 aliphatic rings. The first-order valence-electron chi connectivity index (χ1n) is 7.58. The van der Waals surface area contributed by atoms with E-state index in [4.69, 9.17) is 23.2 Å². The number of hydrogen-bond acceptors (Lipinski definition) is 2. The van der Waals surface area contributed by atoms with Crippen LogP contribution in [0.25, 0.3) is 0 Å². The number of likely N-dealkylation sites (tertiary alicyclic amines) is 1. The molecule has 1 fully saturated rings. The minimum absolute atomic E-state index is 0.00674. The van der Waals surface area contributed by atoms with Crippen LogP contribution in [-0.4, -0.2) is 29.0 Å². The fourth-order valence-corrected chi connectivity index (χ4v) is 3.27. The maximum atomic E-state index is 12.5. The molecule has 1 heterocycles. The van der Waals surface area contributed by atoms with E-state index in [0.29, 0.717) is 34.6 Å². The topological polar surface area (TPSA) is 40.5 Å². The molecule has 3 nitrogen and oxygen atoms in total. The Balaban J connectivity index is 1.65. The van der Waals surface area contributed by atoms with Crippen molar-refractivity contribution < 1.29 is 9.90 Å². The zero-order valence-electron chi connectivity index (χ0n) is 12.5. The third-order valence-electron chi connectivity index (χ3n) is 4.31. The Morgan fingerprint density at radius 1 is 1.00 bits per heavy atom. The summed E-state index contributed by atoms with van der Waals surface area (Å²) in [4.78, 5) is 14.4. The summed E-state index contributed by atoms with van der Waals surface area (Å²) in [5.74, 6) is 0.696. The molecular weight excluding hydrogens is 333 g/mol. The number of phenolic OH excluding ortho intramolecular Hbond substituents is 1. The van der Waals surface area contributed by atoms with Crippen molar-refractivity contribution in [2.45, 2.75) is 18.8 Å². The van der Waals surface area contributed by atoms with E-state index in [1.54, 1.807) is 30.3 Å². The lowest BCUT2D eigenvalue weighted by Crippen LogP contribution is -2.37. The van der Waals surface area contributed by atoms with Gasteiger partial charge in [-0.15, -0.1) is 0 Å². The van der Waals surface area contributed by atoms with Gasteiger partial charge in [0.05, 0.1) is 10.0 Å². The molecule has 0 aliphatic carbocycles. The lowest BCUT2D eigenvalue weighted by atomic mass is 9.89. The van der Waals surface area contributed by atoms with Crippen molar-refractivity contribution >= 4 is 29.1 Å². The predicted octanol–water partition coefficient (Wildman–Crippen LogP) is 4.72. The molecule has 1 amide bonds. The largest absolute Gasteiger partial charge is 0.508 e. The fraction of sp³-hybridized carbons (Fsp3) is 0.278. The van der Waals surface area contributed by atoms with Gasteiger partial charge in [0.25, 0.3) is 5.91 Å². The second-order valence-corrected chi connectivity index (χ2v) is 6.60. The van der Waals surface area contributed by atoms with Crippen molar-refractivity contribution in [1.29, 1.82) is 0 Å². The Labute approximate surface area is 145 Å². The Kier molecular flexibility index (Phi) is 4.79. The number of halogens is 2. The van der Waals surface area contributed by atoms with Crippen LogP contribution >= 0.6 is 23.2 Å². The molecule has 23 heavy (non-hydrogen) atoms. The first-order valence-corrected chi connectivity index (χ1v) is 8.33. The van der Waals surface area contributed by atoms with Crippen molar-refractivity contribution in [2.24, 2.45) is 0 Å². The van der Waals surface area contributed by atoms with Crippen LogP contribution in [0.4, 0.5) is 0 Å². The number of benzene rings is 2. The summed E-state index contributed by atoms with van der Waals surface area (Å²) in [5, 5.41) is 10.2. The zero-order chi connectivity index (χ0) is 16.4. The van der Waals surface area contributed by atoms with Crippen LogP contribution in [-0.2, 0) is 0 Å². The number of amides is 1. The summed E-state index contributed by atoms with van der Waals surface area (Å²) >= 11 is 11.9. The summed E-state index contributed by atoms with van der Waals surface area (Å²) in [6, 6.07) is 12.3. The monoisotopic (exact) mass is 349 g/mol. The Hall–Kier alpha value is -1.71. The molecule has 0 aromatic heterocycles. The van der Waals surface area contributed by atoms with Gasteiger partial charge in [-0.2, -0.15) is 0 Å². The summed E-state index contributed by atoms with van der Waals surface area (Å²) < 4.78 is 0. The molecule has 1 aliphatic heterocycles. The minimum atomic E-state index is -0.00674. The van der Waals surface area contributed by atoms with Gasteiger partial charge in [0.2, 0.25) is 0 Å². The molecule has 1 N–H and O–H groups in total. The Bertz CT molecular complexity index is 707. The highest BCUT2D eigenvalue weighted by Gasteiger charge is 2.24. The van der Waals surface area contributed by atoms with E-state index in [-0.39, 0.29) is 11.7 Å². The van der Waals surface area contributed by atoms with Crippen molar-refractivity contribution in [3.05, 3.63) is 63.6 Å². The lowest BCUT2D eigenvalue weighted by Gasteiger charge is -2.32. The highest BCUT2D eigenvalue weighted by molar-refractivity contribution is 6.42. The number of rotatable bonds is 2. The van der Waals surface area contributed by atoms with Gasteiger partial charge in [0.1, 0.15) is 5.75 Å². The van der Waals surface area contributed by atoms with Crippen LogP contribution in [0.15, 0.2) is 42.5 Å². The fourth-order valence-electron chi connectivity index (χ4n) is 2.97. The third kappa shape index (κ3) is 3.62. The minimum Gasteiger partial charge on any atom is -0.508 e. The molecular formula is C18H17Cl2NO2. The van der Waals surface area contributed by atoms with Crippen LogP contribution < -0.4 is 0 Å². The van der Waals surface area contributed by atoms with Gasteiger partial charge in [0, 0.05) is 18.7 Å². The van der Waals surface area contributed by atoms with Gasteiger partial charge in [-0.05, 0) is 54.7 Å². The average Bonchev–Trinajstić information content (AvgIpc) is 2.57. The van der Waals surface area contributed by atoms with E-state index < -0.39 is 0 Å². The van der Waals surface area contributed by atoms with E-state index in [1.807, 2.05) is 17.0 Å². The lowest BCUT2D eigenvalue weighted by molar-refractivity contribution is 0.0713. The number of piperidine rings is 1. The second-order valence-electron chi connectivity index (χ2n) is 5.79. The maximum absolute atomic E-state index is 12.5. The van der Waals surface area contributed by atoms with Crippen molar-refractivity contribution in [2.75, 3.05) is 13.1 Å². The molecule has 3 rings (SSSR count). The van der Waals surface area contributed by atoms with Gasteiger partial charge in [0.15, 0.2) is 0 Å². The Morgan fingerprint density at radius 2 is 1.65 bits per heavy atom. The average molecular weight is 350 g/mol. The maximum Gasteiger partial charge on any atom is 0.253 e. The van der Waals surface area contributed by atoms with Crippen molar-refractivity contribution in [3.63, 3.8) is 0 Å². The molecule has 0 saturated carbocycles. The molecule has 0 bridgehead atoms. The molecule has 120 valence electrons. The van der Waals surface area contributed by atoms with E-state index >= 15 is 0 Å². The van der Waals surface area contributed by atoms with E-state index in [2.05, 4.69) is 0 Å². The zero-order valence-corrected chi connectivity index (χ0v) is 14.0. The van der Waals surface area contributed by atoms with Gasteiger partial charge in [-0.3, -0.25) is 4.79 Å². The second kappa shape index (κ2) is 6.81. The molecule has 0 radical (unpaired) electrons. The van der Waals surface area contributed by atoms with Crippen LogP contribution in [0.2, 0.25) is 10.0 Å². The highest BCUT2D eigenvalue weighted by Crippen LogP contribution is 2.30. The summed E-state index contributed by atoms with van der Waals surface area (Å²) in [5.41, 5.74) is 1.78. The molecule has 0 unspecified atom stereocenters. The quantitative estimate of drug-likeness (QED) is 0.852. The molecule has 5 heteroatoms. The molecule has 2 aromatic rings. The predicted molar refractivity (Wildman–Crippen MR) is 92.4 cm³/mol. The SMILES string of the molecule is O=C(c1ccc(Cl)c(Cl)c1)N1CCC(c2ccc(O)cc2)CC1. The smallest absolute Gasteiger partial charge is 0.253 e. The number of nitrogens with zero attached hydrogens (tertiary/aromatic N) is 1. The van der Waals surface area contributed by atoms with Crippen LogP contribution in [0.1, 0.15) is 34.7 Å². The molecule has 1 saturated heterocycles. The van der Waals surface area contributed by atoms with E-state index in [1.165, 1.54) is 5.56 Å².